The number of fused-ring (bicyclic) bond motifs is 2. The summed E-state index contributed by atoms with van der Waals surface area (Å²) in [5.41, 5.74) is 0.932. The average molecular weight is 463 g/mol. The molecule has 0 bridgehead atoms. The third-order valence-electron chi connectivity index (χ3n) is 6.10. The van der Waals surface area contributed by atoms with Crippen molar-refractivity contribution in [1.29, 1.82) is 0 Å². The van der Waals surface area contributed by atoms with Gasteiger partial charge in [-0.05, 0) is 49.4 Å². The molecule has 5 rings (SSSR count). The highest BCUT2D eigenvalue weighted by Crippen LogP contribution is 2.39. The molecule has 3 aromatic carbocycles. The minimum absolute atomic E-state index is 0.286. The molecular weight excluding hydrogens is 440 g/mol. The summed E-state index contributed by atoms with van der Waals surface area (Å²) in [5, 5.41) is 0. The van der Waals surface area contributed by atoms with Crippen LogP contribution in [0.25, 0.3) is 0 Å². The second-order valence-electron chi connectivity index (χ2n) is 8.26. The Balaban J connectivity index is 1.48. The highest BCUT2D eigenvalue weighted by Gasteiger charge is 2.34. The lowest BCUT2D eigenvalue weighted by molar-refractivity contribution is 0.0571. The number of hydrogen-bond donors (Lipinski definition) is 0. The maximum absolute atomic E-state index is 14.2. The summed E-state index contributed by atoms with van der Waals surface area (Å²) < 4.78 is 40.0. The van der Waals surface area contributed by atoms with Gasteiger partial charge in [0, 0.05) is 25.7 Å². The monoisotopic (exact) mass is 463 g/mol. The van der Waals surface area contributed by atoms with Crippen LogP contribution in [-0.2, 0) is 0 Å². The molecule has 0 N–H and O–H groups in total. The van der Waals surface area contributed by atoms with E-state index in [1.165, 1.54) is 11.0 Å². The van der Waals surface area contributed by atoms with Crippen LogP contribution in [0.3, 0.4) is 0 Å². The zero-order valence-corrected chi connectivity index (χ0v) is 18.8. The van der Waals surface area contributed by atoms with Crippen molar-refractivity contribution < 1.29 is 23.0 Å². The summed E-state index contributed by atoms with van der Waals surface area (Å²) in [6.07, 6.45) is 0. The first-order valence-electron chi connectivity index (χ1n) is 11.0. The Morgan fingerprint density at radius 2 is 1.79 bits per heavy atom. The lowest BCUT2D eigenvalue weighted by Crippen LogP contribution is -2.55. The summed E-state index contributed by atoms with van der Waals surface area (Å²) in [7, 11) is 1.60. The van der Waals surface area contributed by atoms with Crippen molar-refractivity contribution in [2.45, 2.75) is 13.0 Å². The standard InChI is InChI=1S/C26H23F2N3O3/c1-16-15-30(12-13-31(16)26(32)24-19(27)6-5-7-20(24)28)25-18-14-17(33-2)10-11-22(18)34-23-9-4-3-8-21(23)29-25/h3-11,14,16H,12-13,15H2,1-2H3/t16-/m1/s1. The highest BCUT2D eigenvalue weighted by atomic mass is 19.1. The van der Waals surface area contributed by atoms with E-state index < -0.39 is 23.1 Å². The molecule has 2 aliphatic rings. The van der Waals surface area contributed by atoms with Gasteiger partial charge in [0.25, 0.3) is 5.91 Å². The third kappa shape index (κ3) is 3.85. The predicted molar refractivity (Wildman–Crippen MR) is 124 cm³/mol. The average Bonchev–Trinajstić information content (AvgIpc) is 3.00. The molecule has 0 spiro atoms. The van der Waals surface area contributed by atoms with E-state index in [0.717, 1.165) is 17.7 Å². The second-order valence-corrected chi connectivity index (χ2v) is 8.26. The first-order valence-corrected chi connectivity index (χ1v) is 11.0. The van der Waals surface area contributed by atoms with Gasteiger partial charge in [-0.25, -0.2) is 13.8 Å². The number of amides is 1. The SMILES string of the molecule is COc1ccc2c(c1)C(N1CCN(C(=O)c3c(F)cccc3F)[C@H](C)C1)=Nc1ccccc1O2. The Morgan fingerprint density at radius 1 is 1.03 bits per heavy atom. The largest absolute Gasteiger partial charge is 0.497 e. The van der Waals surface area contributed by atoms with Crippen molar-refractivity contribution in [3.05, 3.63) is 83.4 Å². The fourth-order valence-electron chi connectivity index (χ4n) is 4.37. The summed E-state index contributed by atoms with van der Waals surface area (Å²) in [5.74, 6) is 0.268. The molecule has 2 aliphatic heterocycles. The van der Waals surface area contributed by atoms with Crippen LogP contribution in [0.5, 0.6) is 17.2 Å². The van der Waals surface area contributed by atoms with Crippen LogP contribution < -0.4 is 9.47 Å². The van der Waals surface area contributed by atoms with Gasteiger partial charge in [-0.2, -0.15) is 0 Å². The van der Waals surface area contributed by atoms with Gasteiger partial charge in [0.15, 0.2) is 5.75 Å². The van der Waals surface area contributed by atoms with Crippen molar-refractivity contribution in [2.75, 3.05) is 26.7 Å². The fourth-order valence-corrected chi connectivity index (χ4v) is 4.37. The number of piperazine rings is 1. The smallest absolute Gasteiger partial charge is 0.260 e. The maximum Gasteiger partial charge on any atom is 0.260 e. The Bertz CT molecular complexity index is 1270. The molecule has 34 heavy (non-hydrogen) atoms. The second kappa shape index (κ2) is 8.78. The molecule has 174 valence electrons. The molecule has 2 heterocycles. The lowest BCUT2D eigenvalue weighted by atomic mass is 10.1. The molecule has 1 atom stereocenters. The number of carbonyl (C=O) groups is 1. The minimum atomic E-state index is -0.859. The van der Waals surface area contributed by atoms with Crippen molar-refractivity contribution in [1.82, 2.24) is 9.80 Å². The number of methoxy groups -OCH3 is 1. The van der Waals surface area contributed by atoms with Gasteiger partial charge < -0.3 is 19.3 Å². The number of nitrogens with zero attached hydrogens (tertiary/aromatic N) is 3. The molecular formula is C26H23F2N3O3. The number of amidine groups is 1. The maximum atomic E-state index is 14.2. The van der Waals surface area contributed by atoms with Crippen LogP contribution in [0.15, 0.2) is 65.7 Å². The number of hydrogen-bond acceptors (Lipinski definition) is 5. The molecule has 0 saturated carbocycles. The molecule has 8 heteroatoms. The van der Waals surface area contributed by atoms with Crippen molar-refractivity contribution in [3.8, 4) is 17.2 Å². The number of carbonyl (C=O) groups excluding carboxylic acids is 1. The van der Waals surface area contributed by atoms with Gasteiger partial charge in [0.1, 0.15) is 40.2 Å². The third-order valence-corrected chi connectivity index (χ3v) is 6.10. The molecule has 1 amide bonds. The van der Waals surface area contributed by atoms with Gasteiger partial charge >= 0.3 is 0 Å². The van der Waals surface area contributed by atoms with E-state index in [9.17, 15) is 13.6 Å². The zero-order valence-electron chi connectivity index (χ0n) is 18.8. The minimum Gasteiger partial charge on any atom is -0.497 e. The Hall–Kier alpha value is -3.94. The molecule has 1 saturated heterocycles. The van der Waals surface area contributed by atoms with E-state index in [4.69, 9.17) is 14.5 Å². The first kappa shape index (κ1) is 21.9. The van der Waals surface area contributed by atoms with Gasteiger partial charge in [-0.15, -0.1) is 0 Å². The molecule has 3 aromatic rings. The number of ether oxygens (including phenoxy) is 2. The predicted octanol–water partition coefficient (Wildman–Crippen LogP) is 5.00. The van der Waals surface area contributed by atoms with Crippen LogP contribution in [-0.4, -0.2) is 54.3 Å². The van der Waals surface area contributed by atoms with E-state index >= 15 is 0 Å². The van der Waals surface area contributed by atoms with Crippen LogP contribution in [0.1, 0.15) is 22.8 Å². The fraction of sp³-hybridized carbons (Fsp3) is 0.231. The number of aliphatic imine (C=N–C) groups is 1. The summed E-state index contributed by atoms with van der Waals surface area (Å²) in [6.45, 7) is 3.01. The normalized spacial score (nSPS) is 17.2. The van der Waals surface area contributed by atoms with Crippen LogP contribution >= 0.6 is 0 Å². The molecule has 0 unspecified atom stereocenters. The molecule has 1 fully saturated rings. The molecule has 6 nitrogen and oxygen atoms in total. The Labute approximate surface area is 196 Å². The summed E-state index contributed by atoms with van der Waals surface area (Å²) in [4.78, 5) is 21.5. The molecule has 0 radical (unpaired) electrons. The lowest BCUT2D eigenvalue weighted by Gasteiger charge is -2.41. The van der Waals surface area contributed by atoms with Gasteiger partial charge in [-0.3, -0.25) is 4.79 Å². The topological polar surface area (TPSA) is 54.4 Å². The van der Waals surface area contributed by atoms with Crippen LogP contribution in [0.4, 0.5) is 14.5 Å². The van der Waals surface area contributed by atoms with E-state index in [1.54, 1.807) is 7.11 Å². The number of rotatable bonds is 2. The van der Waals surface area contributed by atoms with Crippen LogP contribution in [0, 0.1) is 11.6 Å². The van der Waals surface area contributed by atoms with Crippen LogP contribution in [0.2, 0.25) is 0 Å². The Morgan fingerprint density at radius 3 is 2.53 bits per heavy atom. The van der Waals surface area contributed by atoms with Gasteiger partial charge in [-0.1, -0.05) is 18.2 Å². The number of halogens is 2. The summed E-state index contributed by atoms with van der Waals surface area (Å²) >= 11 is 0. The molecule has 0 aliphatic carbocycles. The van der Waals surface area contributed by atoms with Gasteiger partial charge in [0.05, 0.1) is 12.7 Å². The quantitative estimate of drug-likeness (QED) is 0.537. The molecule has 0 aromatic heterocycles. The van der Waals surface area contributed by atoms with Crippen molar-refractivity contribution in [3.63, 3.8) is 0 Å². The number of benzene rings is 3. The van der Waals surface area contributed by atoms with E-state index in [1.807, 2.05) is 49.4 Å². The Kier molecular flexibility index (Phi) is 5.65. The van der Waals surface area contributed by atoms with E-state index in [-0.39, 0.29) is 12.6 Å². The van der Waals surface area contributed by atoms with Crippen molar-refractivity contribution in [2.24, 2.45) is 4.99 Å². The van der Waals surface area contributed by atoms with Crippen molar-refractivity contribution >= 4 is 17.4 Å². The number of para-hydroxylation sites is 2. The highest BCUT2D eigenvalue weighted by molar-refractivity contribution is 6.04. The first-order chi connectivity index (χ1) is 16.5. The summed E-state index contributed by atoms with van der Waals surface area (Å²) in [6, 6.07) is 16.2. The van der Waals surface area contributed by atoms with E-state index in [2.05, 4.69) is 4.90 Å². The van der Waals surface area contributed by atoms with E-state index in [0.29, 0.717) is 41.9 Å². The van der Waals surface area contributed by atoms with Gasteiger partial charge in [0.2, 0.25) is 0 Å². The zero-order chi connectivity index (χ0) is 23.8.